The van der Waals surface area contributed by atoms with Crippen molar-refractivity contribution in [3.8, 4) is 0 Å². The van der Waals surface area contributed by atoms with Crippen molar-refractivity contribution in [1.29, 1.82) is 0 Å². The van der Waals surface area contributed by atoms with Crippen LogP contribution in [-0.4, -0.2) is 25.5 Å². The Kier molecular flexibility index (Phi) is 3.05. The number of carbonyl (C=O) groups excluding carboxylic acids is 1. The fraction of sp³-hybridized carbons (Fsp3) is 0.0769. The molecule has 2 heterocycles. The van der Waals surface area contributed by atoms with Crippen LogP contribution in [0.15, 0.2) is 30.5 Å². The number of nitrogens with one attached hydrogen (secondary N) is 1. The Morgan fingerprint density at radius 1 is 1.24 bits per heavy atom. The molecule has 1 aromatic carbocycles. The van der Waals surface area contributed by atoms with Gasteiger partial charge < -0.3 is 5.32 Å². The molecule has 0 aliphatic carbocycles. The van der Waals surface area contributed by atoms with Crippen LogP contribution in [0.5, 0.6) is 0 Å². The van der Waals surface area contributed by atoms with Crippen LogP contribution in [0.3, 0.4) is 0 Å². The average molecular weight is 289 g/mol. The average Bonchev–Trinajstić information content (AvgIpc) is 2.89. The van der Waals surface area contributed by atoms with Crippen molar-refractivity contribution in [3.05, 3.63) is 53.6 Å². The molecule has 0 spiro atoms. The smallest absolute Gasteiger partial charge is 0.295 e. The molecule has 0 fully saturated rings. The number of rotatable bonds is 2. The maximum atomic E-state index is 13.1. The Hall–Kier alpha value is -2.90. The number of aromatic nitrogens is 4. The molecule has 0 aliphatic heterocycles. The molecule has 3 aromatic rings. The summed E-state index contributed by atoms with van der Waals surface area (Å²) < 4.78 is 27.3. The summed E-state index contributed by atoms with van der Waals surface area (Å²) in [4.78, 5) is 19.9. The van der Waals surface area contributed by atoms with Gasteiger partial charge in [0.1, 0.15) is 0 Å². The Morgan fingerprint density at radius 3 is 2.76 bits per heavy atom. The van der Waals surface area contributed by atoms with Crippen LogP contribution in [0, 0.1) is 18.6 Å². The molecular formula is C13H9F2N5O. The first-order valence-electron chi connectivity index (χ1n) is 5.99. The summed E-state index contributed by atoms with van der Waals surface area (Å²) in [5, 5.41) is 6.41. The fourth-order valence-corrected chi connectivity index (χ4v) is 1.76. The molecule has 106 valence electrons. The highest BCUT2D eigenvalue weighted by atomic mass is 19.2. The molecule has 0 bridgehead atoms. The number of aryl methyl sites for hydroxylation is 1. The van der Waals surface area contributed by atoms with Gasteiger partial charge in [-0.25, -0.2) is 18.3 Å². The summed E-state index contributed by atoms with van der Waals surface area (Å²) in [6.07, 6.45) is 1.55. The molecule has 1 N–H and O–H groups in total. The van der Waals surface area contributed by atoms with Crippen molar-refractivity contribution in [1.82, 2.24) is 19.6 Å². The van der Waals surface area contributed by atoms with E-state index < -0.39 is 17.5 Å². The molecule has 0 saturated carbocycles. The number of halogens is 2. The van der Waals surface area contributed by atoms with E-state index in [1.807, 2.05) is 0 Å². The van der Waals surface area contributed by atoms with Gasteiger partial charge in [-0.1, -0.05) is 0 Å². The van der Waals surface area contributed by atoms with E-state index in [4.69, 9.17) is 0 Å². The second-order valence-electron chi connectivity index (χ2n) is 4.32. The minimum absolute atomic E-state index is 0.110. The van der Waals surface area contributed by atoms with E-state index in [9.17, 15) is 13.6 Å². The molecule has 1 amide bonds. The zero-order valence-corrected chi connectivity index (χ0v) is 10.8. The molecule has 0 radical (unpaired) electrons. The van der Waals surface area contributed by atoms with Crippen LogP contribution < -0.4 is 5.32 Å². The van der Waals surface area contributed by atoms with Crippen molar-refractivity contribution < 1.29 is 13.6 Å². The predicted molar refractivity (Wildman–Crippen MR) is 69.8 cm³/mol. The standard InChI is InChI=1S/C13H9F2N5O/c1-7-4-5-16-13-18-11(19-20(7)13)12(21)17-8-2-3-9(14)10(15)6-8/h2-6H,1H3,(H,17,21). The Bertz CT molecular complexity index is 846. The maximum Gasteiger partial charge on any atom is 0.295 e. The molecule has 21 heavy (non-hydrogen) atoms. The van der Waals surface area contributed by atoms with Crippen LogP contribution in [0.2, 0.25) is 0 Å². The van der Waals surface area contributed by atoms with Crippen molar-refractivity contribution >= 4 is 17.4 Å². The fourth-order valence-electron chi connectivity index (χ4n) is 1.76. The highest BCUT2D eigenvalue weighted by molar-refractivity contribution is 6.01. The number of anilines is 1. The van der Waals surface area contributed by atoms with Gasteiger partial charge in [-0.05, 0) is 25.1 Å². The quantitative estimate of drug-likeness (QED) is 0.782. The molecule has 0 unspecified atom stereocenters. The second-order valence-corrected chi connectivity index (χ2v) is 4.32. The number of amides is 1. The topological polar surface area (TPSA) is 72.2 Å². The second kappa shape index (κ2) is 4.89. The zero-order valence-electron chi connectivity index (χ0n) is 10.8. The summed E-state index contributed by atoms with van der Waals surface area (Å²) in [6.45, 7) is 1.79. The van der Waals surface area contributed by atoms with E-state index >= 15 is 0 Å². The summed E-state index contributed by atoms with van der Waals surface area (Å²) in [6, 6.07) is 4.77. The van der Waals surface area contributed by atoms with Gasteiger partial charge in [0.15, 0.2) is 11.6 Å². The number of hydrogen-bond acceptors (Lipinski definition) is 4. The largest absolute Gasteiger partial charge is 0.319 e. The monoisotopic (exact) mass is 289 g/mol. The first-order chi connectivity index (χ1) is 10.0. The Labute approximate surface area is 117 Å². The molecule has 0 atom stereocenters. The Morgan fingerprint density at radius 2 is 2.05 bits per heavy atom. The lowest BCUT2D eigenvalue weighted by atomic mass is 10.3. The molecule has 0 aliphatic rings. The van der Waals surface area contributed by atoms with Crippen LogP contribution in [0.25, 0.3) is 5.78 Å². The van der Waals surface area contributed by atoms with Gasteiger partial charge >= 0.3 is 0 Å². The van der Waals surface area contributed by atoms with Crippen molar-refractivity contribution in [3.63, 3.8) is 0 Å². The van der Waals surface area contributed by atoms with Gasteiger partial charge in [-0.2, -0.15) is 4.98 Å². The minimum Gasteiger partial charge on any atom is -0.319 e. The number of nitrogens with zero attached hydrogens (tertiary/aromatic N) is 4. The molecule has 6 nitrogen and oxygen atoms in total. The number of carbonyl (C=O) groups is 1. The maximum absolute atomic E-state index is 13.1. The summed E-state index contributed by atoms with van der Waals surface area (Å²) in [7, 11) is 0. The number of fused-ring (bicyclic) bond motifs is 1. The van der Waals surface area contributed by atoms with Crippen LogP contribution >= 0.6 is 0 Å². The van der Waals surface area contributed by atoms with Crippen LogP contribution in [0.1, 0.15) is 16.3 Å². The van der Waals surface area contributed by atoms with E-state index in [2.05, 4.69) is 20.4 Å². The van der Waals surface area contributed by atoms with Gasteiger partial charge in [-0.15, -0.1) is 5.10 Å². The SMILES string of the molecule is Cc1ccnc2nc(C(=O)Nc3ccc(F)c(F)c3)nn12. The first kappa shape index (κ1) is 13.1. The highest BCUT2D eigenvalue weighted by Gasteiger charge is 2.15. The number of benzene rings is 1. The van der Waals surface area contributed by atoms with Gasteiger partial charge in [0.25, 0.3) is 11.7 Å². The summed E-state index contributed by atoms with van der Waals surface area (Å²) in [5.41, 5.74) is 0.877. The van der Waals surface area contributed by atoms with Gasteiger partial charge in [0.05, 0.1) is 0 Å². The first-order valence-corrected chi connectivity index (χ1v) is 5.99. The highest BCUT2D eigenvalue weighted by Crippen LogP contribution is 2.14. The third-order valence-corrected chi connectivity index (χ3v) is 2.81. The molecule has 3 rings (SSSR count). The third-order valence-electron chi connectivity index (χ3n) is 2.81. The molecule has 8 heteroatoms. The molecular weight excluding hydrogens is 280 g/mol. The lowest BCUT2D eigenvalue weighted by molar-refractivity contribution is 0.101. The van der Waals surface area contributed by atoms with Gasteiger partial charge in [0, 0.05) is 23.6 Å². The van der Waals surface area contributed by atoms with Crippen molar-refractivity contribution in [2.45, 2.75) is 6.92 Å². The van der Waals surface area contributed by atoms with E-state index in [1.54, 1.807) is 19.2 Å². The predicted octanol–water partition coefficient (Wildman–Crippen LogP) is 1.96. The Balaban J connectivity index is 1.90. The lowest BCUT2D eigenvalue weighted by Gasteiger charge is -2.02. The van der Waals surface area contributed by atoms with E-state index in [0.717, 1.165) is 17.8 Å². The third kappa shape index (κ3) is 2.42. The molecule has 0 saturated heterocycles. The summed E-state index contributed by atoms with van der Waals surface area (Å²) >= 11 is 0. The van der Waals surface area contributed by atoms with Crippen LogP contribution in [0.4, 0.5) is 14.5 Å². The normalized spacial score (nSPS) is 10.8. The zero-order chi connectivity index (χ0) is 15.0. The summed E-state index contributed by atoms with van der Waals surface area (Å²) in [5.74, 6) is -2.50. The van der Waals surface area contributed by atoms with E-state index in [-0.39, 0.29) is 17.3 Å². The minimum atomic E-state index is -1.05. The molecule has 2 aromatic heterocycles. The lowest BCUT2D eigenvalue weighted by Crippen LogP contribution is -2.14. The van der Waals surface area contributed by atoms with Crippen molar-refractivity contribution in [2.75, 3.05) is 5.32 Å². The number of hydrogen-bond donors (Lipinski definition) is 1. The van der Waals surface area contributed by atoms with E-state index in [1.165, 1.54) is 10.6 Å². The van der Waals surface area contributed by atoms with Gasteiger partial charge in [0.2, 0.25) is 5.82 Å². The van der Waals surface area contributed by atoms with Gasteiger partial charge in [-0.3, -0.25) is 4.79 Å². The van der Waals surface area contributed by atoms with E-state index in [0.29, 0.717) is 0 Å². The van der Waals surface area contributed by atoms with Crippen molar-refractivity contribution in [2.24, 2.45) is 0 Å². The van der Waals surface area contributed by atoms with Crippen LogP contribution in [-0.2, 0) is 0 Å².